The van der Waals surface area contributed by atoms with Crippen LogP contribution in [0.25, 0.3) is 0 Å². The Morgan fingerprint density at radius 3 is 3.11 bits per heavy atom. The molecule has 0 radical (unpaired) electrons. The van der Waals surface area contributed by atoms with Crippen LogP contribution in [0.15, 0.2) is 24.3 Å². The van der Waals surface area contributed by atoms with Gasteiger partial charge in [0.1, 0.15) is 0 Å². The maximum Gasteiger partial charge on any atom is 0.253 e. The summed E-state index contributed by atoms with van der Waals surface area (Å²) in [4.78, 5) is 14.2. The molecule has 0 spiro atoms. The second-order valence-corrected chi connectivity index (χ2v) is 4.34. The lowest BCUT2D eigenvalue weighted by atomic mass is 10.1. The van der Waals surface area contributed by atoms with E-state index in [-0.39, 0.29) is 5.91 Å². The van der Waals surface area contributed by atoms with Crippen molar-refractivity contribution in [1.82, 2.24) is 4.90 Å². The van der Waals surface area contributed by atoms with Gasteiger partial charge in [0.25, 0.3) is 5.91 Å². The maximum absolute atomic E-state index is 12.4. The van der Waals surface area contributed by atoms with Crippen LogP contribution in [0.3, 0.4) is 0 Å². The summed E-state index contributed by atoms with van der Waals surface area (Å²) in [7, 11) is 0. The first-order valence-corrected chi connectivity index (χ1v) is 6.47. The number of rotatable bonds is 1. The molecule has 1 amide bonds. The number of amides is 1. The van der Waals surface area contributed by atoms with Crippen LogP contribution in [0.5, 0.6) is 0 Å². The molecule has 1 heterocycles. The molecule has 4 nitrogen and oxygen atoms in total. The summed E-state index contributed by atoms with van der Waals surface area (Å²) in [6, 6.07) is 7.37. The zero-order chi connectivity index (χ0) is 13.5. The second kappa shape index (κ2) is 6.93. The van der Waals surface area contributed by atoms with Crippen LogP contribution in [-0.4, -0.2) is 43.7 Å². The highest BCUT2D eigenvalue weighted by molar-refractivity contribution is 5.94. The standard InChI is InChI=1S/C15H18N2O2/c16-7-2-5-13-4-1-6-14(12-13)15(18)17-8-3-10-19-11-9-17/h1,4,6,12H,3,7-11,16H2. The van der Waals surface area contributed by atoms with Gasteiger partial charge in [-0.3, -0.25) is 4.79 Å². The molecule has 2 rings (SSSR count). The molecule has 0 unspecified atom stereocenters. The maximum atomic E-state index is 12.4. The number of nitrogens with two attached hydrogens (primary N) is 1. The van der Waals surface area contributed by atoms with Gasteiger partial charge < -0.3 is 15.4 Å². The topological polar surface area (TPSA) is 55.6 Å². The molecule has 1 aromatic rings. The first-order chi connectivity index (χ1) is 9.31. The van der Waals surface area contributed by atoms with Crippen LogP contribution in [0, 0.1) is 11.8 Å². The molecule has 4 heteroatoms. The van der Waals surface area contributed by atoms with E-state index < -0.39 is 0 Å². The van der Waals surface area contributed by atoms with E-state index in [0.29, 0.717) is 25.3 Å². The molecule has 2 N–H and O–H groups in total. The molecule has 0 aromatic heterocycles. The van der Waals surface area contributed by atoms with Gasteiger partial charge >= 0.3 is 0 Å². The molecule has 19 heavy (non-hydrogen) atoms. The molecule has 1 aromatic carbocycles. The molecule has 1 fully saturated rings. The highest BCUT2D eigenvalue weighted by Gasteiger charge is 2.17. The highest BCUT2D eigenvalue weighted by atomic mass is 16.5. The van der Waals surface area contributed by atoms with E-state index >= 15 is 0 Å². The van der Waals surface area contributed by atoms with Gasteiger partial charge in [0, 0.05) is 30.8 Å². The minimum Gasteiger partial charge on any atom is -0.380 e. The smallest absolute Gasteiger partial charge is 0.253 e. The first-order valence-electron chi connectivity index (χ1n) is 6.47. The third-order valence-corrected chi connectivity index (χ3v) is 2.95. The number of carbonyl (C=O) groups excluding carboxylic acids is 1. The fraction of sp³-hybridized carbons (Fsp3) is 0.400. The predicted molar refractivity (Wildman–Crippen MR) is 73.7 cm³/mol. The zero-order valence-corrected chi connectivity index (χ0v) is 10.9. The quantitative estimate of drug-likeness (QED) is 0.760. The van der Waals surface area contributed by atoms with E-state index in [1.807, 2.05) is 29.2 Å². The Morgan fingerprint density at radius 2 is 2.26 bits per heavy atom. The summed E-state index contributed by atoms with van der Waals surface area (Å²) in [6.07, 6.45) is 0.887. The van der Waals surface area contributed by atoms with Crippen molar-refractivity contribution in [2.24, 2.45) is 5.73 Å². The van der Waals surface area contributed by atoms with Crippen molar-refractivity contribution in [2.75, 3.05) is 32.8 Å². The van der Waals surface area contributed by atoms with E-state index in [1.54, 1.807) is 0 Å². The number of benzene rings is 1. The van der Waals surface area contributed by atoms with Gasteiger partial charge in [-0.15, -0.1) is 0 Å². The van der Waals surface area contributed by atoms with E-state index in [9.17, 15) is 4.79 Å². The van der Waals surface area contributed by atoms with E-state index in [1.165, 1.54) is 0 Å². The third-order valence-electron chi connectivity index (χ3n) is 2.95. The minimum absolute atomic E-state index is 0.0434. The van der Waals surface area contributed by atoms with Crippen LogP contribution in [0.1, 0.15) is 22.3 Å². The Balaban J connectivity index is 2.13. The molecule has 0 atom stereocenters. The monoisotopic (exact) mass is 258 g/mol. The third kappa shape index (κ3) is 3.82. The average molecular weight is 258 g/mol. The Morgan fingerprint density at radius 1 is 1.37 bits per heavy atom. The Kier molecular flexibility index (Phi) is 4.96. The lowest BCUT2D eigenvalue weighted by molar-refractivity contribution is 0.0741. The van der Waals surface area contributed by atoms with Crippen molar-refractivity contribution < 1.29 is 9.53 Å². The average Bonchev–Trinajstić information content (AvgIpc) is 2.73. The number of nitrogens with zero attached hydrogens (tertiary/aromatic N) is 1. The fourth-order valence-corrected chi connectivity index (χ4v) is 2.01. The van der Waals surface area contributed by atoms with Crippen LogP contribution in [0.2, 0.25) is 0 Å². The van der Waals surface area contributed by atoms with Gasteiger partial charge in [-0.2, -0.15) is 0 Å². The normalized spacial score (nSPS) is 15.3. The van der Waals surface area contributed by atoms with Crippen molar-refractivity contribution in [1.29, 1.82) is 0 Å². The van der Waals surface area contributed by atoms with Gasteiger partial charge in [0.15, 0.2) is 0 Å². The summed E-state index contributed by atoms with van der Waals surface area (Å²) in [6.45, 7) is 3.06. The Labute approximate surface area is 113 Å². The number of carbonyl (C=O) groups is 1. The largest absolute Gasteiger partial charge is 0.380 e. The molecule has 0 saturated carbocycles. The summed E-state index contributed by atoms with van der Waals surface area (Å²) >= 11 is 0. The summed E-state index contributed by atoms with van der Waals surface area (Å²) < 4.78 is 5.36. The van der Waals surface area contributed by atoms with Crippen molar-refractivity contribution in [2.45, 2.75) is 6.42 Å². The van der Waals surface area contributed by atoms with Gasteiger partial charge in [-0.05, 0) is 24.6 Å². The predicted octanol–water partition coefficient (Wildman–Crippen LogP) is 0.859. The fourth-order valence-electron chi connectivity index (χ4n) is 2.01. The van der Waals surface area contributed by atoms with Gasteiger partial charge in [-0.1, -0.05) is 17.9 Å². The van der Waals surface area contributed by atoms with E-state index in [0.717, 1.165) is 25.1 Å². The SMILES string of the molecule is NCC#Cc1cccc(C(=O)N2CCCOCC2)c1. The molecule has 0 bridgehead atoms. The number of ether oxygens (including phenoxy) is 1. The summed E-state index contributed by atoms with van der Waals surface area (Å²) in [5.74, 6) is 5.78. The summed E-state index contributed by atoms with van der Waals surface area (Å²) in [5, 5.41) is 0. The van der Waals surface area contributed by atoms with E-state index in [2.05, 4.69) is 11.8 Å². The molecule has 1 saturated heterocycles. The van der Waals surface area contributed by atoms with Crippen molar-refractivity contribution in [3.8, 4) is 11.8 Å². The second-order valence-electron chi connectivity index (χ2n) is 4.34. The molecule has 0 aliphatic carbocycles. The lowest BCUT2D eigenvalue weighted by Crippen LogP contribution is -2.33. The van der Waals surface area contributed by atoms with Crippen LogP contribution >= 0.6 is 0 Å². The molecule has 1 aliphatic heterocycles. The molecule has 100 valence electrons. The first kappa shape index (κ1) is 13.6. The molecule has 1 aliphatic rings. The number of hydrogen-bond donors (Lipinski definition) is 1. The van der Waals surface area contributed by atoms with Crippen LogP contribution in [-0.2, 0) is 4.74 Å². The van der Waals surface area contributed by atoms with Crippen molar-refractivity contribution in [3.05, 3.63) is 35.4 Å². The Hall–Kier alpha value is -1.83. The van der Waals surface area contributed by atoms with Crippen LogP contribution in [0.4, 0.5) is 0 Å². The van der Waals surface area contributed by atoms with Crippen molar-refractivity contribution in [3.63, 3.8) is 0 Å². The lowest BCUT2D eigenvalue weighted by Gasteiger charge is -2.19. The summed E-state index contributed by atoms with van der Waals surface area (Å²) in [5.41, 5.74) is 6.84. The molecular formula is C15H18N2O2. The van der Waals surface area contributed by atoms with Crippen LogP contribution < -0.4 is 5.73 Å². The zero-order valence-electron chi connectivity index (χ0n) is 10.9. The highest BCUT2D eigenvalue weighted by Crippen LogP contribution is 2.10. The van der Waals surface area contributed by atoms with Gasteiger partial charge in [0.2, 0.25) is 0 Å². The van der Waals surface area contributed by atoms with E-state index in [4.69, 9.17) is 10.5 Å². The van der Waals surface area contributed by atoms with Gasteiger partial charge in [0.05, 0.1) is 13.2 Å². The molecular weight excluding hydrogens is 240 g/mol. The van der Waals surface area contributed by atoms with Gasteiger partial charge in [-0.25, -0.2) is 0 Å². The number of hydrogen-bond acceptors (Lipinski definition) is 3. The van der Waals surface area contributed by atoms with Crippen molar-refractivity contribution >= 4 is 5.91 Å². The minimum atomic E-state index is 0.0434. The Bertz CT molecular complexity index is 494.